The molecule has 1 aliphatic carbocycles. The van der Waals surface area contributed by atoms with Gasteiger partial charge in [0, 0.05) is 16.2 Å². The molecule has 0 amide bonds. The van der Waals surface area contributed by atoms with Crippen LogP contribution in [-0.4, -0.2) is 11.3 Å². The van der Waals surface area contributed by atoms with Crippen LogP contribution in [0.3, 0.4) is 0 Å². The first-order chi connectivity index (χ1) is 6.18. The third-order valence-electron chi connectivity index (χ3n) is 2.41. The number of thioether (sulfide) groups is 1. The van der Waals surface area contributed by atoms with Crippen LogP contribution in [0.2, 0.25) is 0 Å². The van der Waals surface area contributed by atoms with Gasteiger partial charge in [0.2, 0.25) is 0 Å². The topological polar surface area (TPSA) is 26.0 Å². The number of hydrogen-bond acceptors (Lipinski definition) is 2. The quantitative estimate of drug-likeness (QED) is 0.747. The minimum atomic E-state index is 0.161. The van der Waals surface area contributed by atoms with Crippen molar-refractivity contribution in [1.82, 2.24) is 0 Å². The molecule has 1 saturated carbocycles. The molecule has 0 heterocycles. The molecule has 1 fully saturated rings. The second kappa shape index (κ2) is 3.35. The van der Waals surface area contributed by atoms with Gasteiger partial charge in [0.15, 0.2) is 0 Å². The fourth-order valence-corrected chi connectivity index (χ4v) is 2.42. The molecule has 13 heavy (non-hydrogen) atoms. The minimum absolute atomic E-state index is 0.161. The van der Waals surface area contributed by atoms with Gasteiger partial charge in [-0.1, -0.05) is 17.7 Å². The zero-order chi connectivity index (χ0) is 9.31. The SMILES string of the molecule is Cc1cccc(SCC2(N)CC2)c1. The summed E-state index contributed by atoms with van der Waals surface area (Å²) in [5.41, 5.74) is 7.50. The molecular weight excluding hydrogens is 178 g/mol. The maximum Gasteiger partial charge on any atom is 0.0250 e. The molecular formula is C11H15NS. The van der Waals surface area contributed by atoms with Crippen LogP contribution in [0.1, 0.15) is 18.4 Å². The lowest BCUT2D eigenvalue weighted by Gasteiger charge is -2.07. The highest BCUT2D eigenvalue weighted by Gasteiger charge is 2.37. The van der Waals surface area contributed by atoms with Gasteiger partial charge < -0.3 is 5.73 Å². The van der Waals surface area contributed by atoms with E-state index in [2.05, 4.69) is 31.2 Å². The number of benzene rings is 1. The van der Waals surface area contributed by atoms with Crippen molar-refractivity contribution < 1.29 is 0 Å². The van der Waals surface area contributed by atoms with Gasteiger partial charge in [-0.15, -0.1) is 11.8 Å². The van der Waals surface area contributed by atoms with Crippen LogP contribution in [0.4, 0.5) is 0 Å². The summed E-state index contributed by atoms with van der Waals surface area (Å²) in [6.45, 7) is 2.12. The Kier molecular flexibility index (Phi) is 2.35. The predicted octanol–water partition coefficient (Wildman–Crippen LogP) is 2.58. The van der Waals surface area contributed by atoms with Gasteiger partial charge >= 0.3 is 0 Å². The minimum Gasteiger partial charge on any atom is -0.324 e. The zero-order valence-corrected chi connectivity index (χ0v) is 8.73. The Balaban J connectivity index is 1.94. The van der Waals surface area contributed by atoms with Crippen LogP contribution in [-0.2, 0) is 0 Å². The molecule has 0 atom stereocenters. The third-order valence-corrected chi connectivity index (χ3v) is 3.71. The van der Waals surface area contributed by atoms with E-state index in [1.54, 1.807) is 0 Å². The van der Waals surface area contributed by atoms with E-state index in [1.807, 2.05) is 11.8 Å². The first kappa shape index (κ1) is 9.10. The van der Waals surface area contributed by atoms with Crippen molar-refractivity contribution in [3.63, 3.8) is 0 Å². The summed E-state index contributed by atoms with van der Waals surface area (Å²) in [5.74, 6) is 1.07. The number of nitrogens with two attached hydrogens (primary N) is 1. The van der Waals surface area contributed by atoms with Crippen LogP contribution < -0.4 is 5.73 Å². The normalized spacial score (nSPS) is 18.6. The van der Waals surface area contributed by atoms with E-state index in [-0.39, 0.29) is 5.54 Å². The van der Waals surface area contributed by atoms with Gasteiger partial charge in [-0.3, -0.25) is 0 Å². The molecule has 0 aliphatic heterocycles. The van der Waals surface area contributed by atoms with E-state index in [0.29, 0.717) is 0 Å². The van der Waals surface area contributed by atoms with E-state index >= 15 is 0 Å². The van der Waals surface area contributed by atoms with Crippen molar-refractivity contribution in [2.75, 3.05) is 5.75 Å². The van der Waals surface area contributed by atoms with Crippen molar-refractivity contribution >= 4 is 11.8 Å². The fraction of sp³-hybridized carbons (Fsp3) is 0.455. The van der Waals surface area contributed by atoms with Gasteiger partial charge in [-0.05, 0) is 31.9 Å². The zero-order valence-electron chi connectivity index (χ0n) is 7.92. The largest absolute Gasteiger partial charge is 0.324 e. The van der Waals surface area contributed by atoms with Crippen molar-refractivity contribution in [3.8, 4) is 0 Å². The van der Waals surface area contributed by atoms with Gasteiger partial charge in [0.05, 0.1) is 0 Å². The maximum atomic E-state index is 6.01. The van der Waals surface area contributed by atoms with Gasteiger partial charge in [-0.25, -0.2) is 0 Å². The summed E-state index contributed by atoms with van der Waals surface area (Å²) in [5, 5.41) is 0. The monoisotopic (exact) mass is 193 g/mol. The average molecular weight is 193 g/mol. The first-order valence-corrected chi connectivity index (χ1v) is 5.65. The smallest absolute Gasteiger partial charge is 0.0250 e. The van der Waals surface area contributed by atoms with E-state index < -0.39 is 0 Å². The van der Waals surface area contributed by atoms with Crippen LogP contribution >= 0.6 is 11.8 Å². The molecule has 1 aromatic rings. The lowest BCUT2D eigenvalue weighted by molar-refractivity contribution is 0.776. The molecule has 0 saturated heterocycles. The van der Waals surface area contributed by atoms with Crippen LogP contribution in [0.5, 0.6) is 0 Å². The highest BCUT2D eigenvalue weighted by atomic mass is 32.2. The summed E-state index contributed by atoms with van der Waals surface area (Å²) >= 11 is 1.88. The molecule has 0 radical (unpaired) electrons. The Morgan fingerprint density at radius 3 is 2.85 bits per heavy atom. The molecule has 1 aliphatic rings. The van der Waals surface area contributed by atoms with Gasteiger partial charge in [-0.2, -0.15) is 0 Å². The van der Waals surface area contributed by atoms with Crippen molar-refractivity contribution in [2.45, 2.75) is 30.2 Å². The van der Waals surface area contributed by atoms with Crippen LogP contribution in [0, 0.1) is 6.92 Å². The highest BCUT2D eigenvalue weighted by Crippen LogP contribution is 2.37. The van der Waals surface area contributed by atoms with Crippen molar-refractivity contribution in [3.05, 3.63) is 29.8 Å². The summed E-state index contributed by atoms with van der Waals surface area (Å²) in [6, 6.07) is 8.60. The van der Waals surface area contributed by atoms with Gasteiger partial charge in [0.1, 0.15) is 0 Å². The number of aryl methyl sites for hydroxylation is 1. The highest BCUT2D eigenvalue weighted by molar-refractivity contribution is 7.99. The van der Waals surface area contributed by atoms with Crippen LogP contribution in [0.15, 0.2) is 29.2 Å². The summed E-state index contributed by atoms with van der Waals surface area (Å²) in [4.78, 5) is 1.34. The molecule has 0 aromatic heterocycles. The van der Waals surface area contributed by atoms with Crippen LogP contribution in [0.25, 0.3) is 0 Å². The summed E-state index contributed by atoms with van der Waals surface area (Å²) in [7, 11) is 0. The Bertz CT molecular complexity index is 305. The molecule has 70 valence electrons. The molecule has 2 heteroatoms. The average Bonchev–Trinajstić information content (AvgIpc) is 2.82. The number of rotatable bonds is 3. The Morgan fingerprint density at radius 1 is 1.46 bits per heavy atom. The molecule has 2 N–H and O–H groups in total. The fourth-order valence-electron chi connectivity index (χ4n) is 1.24. The molecule has 1 aromatic carbocycles. The lowest BCUT2D eigenvalue weighted by Crippen LogP contribution is -2.24. The number of hydrogen-bond donors (Lipinski definition) is 1. The van der Waals surface area contributed by atoms with E-state index in [4.69, 9.17) is 5.73 Å². The molecule has 0 spiro atoms. The van der Waals surface area contributed by atoms with Crippen molar-refractivity contribution in [2.24, 2.45) is 5.73 Å². The lowest BCUT2D eigenvalue weighted by atomic mass is 10.2. The first-order valence-electron chi connectivity index (χ1n) is 4.66. The Hall–Kier alpha value is -0.470. The standard InChI is InChI=1S/C11H15NS/c1-9-3-2-4-10(7-9)13-8-11(12)5-6-11/h2-4,7H,5-6,8,12H2,1H3. The third kappa shape index (κ3) is 2.48. The molecule has 1 nitrogen and oxygen atoms in total. The summed E-state index contributed by atoms with van der Waals surface area (Å²) in [6.07, 6.45) is 2.40. The van der Waals surface area contributed by atoms with Gasteiger partial charge in [0.25, 0.3) is 0 Å². The molecule has 2 rings (SSSR count). The maximum absolute atomic E-state index is 6.01. The molecule has 0 bridgehead atoms. The van der Waals surface area contributed by atoms with E-state index in [0.717, 1.165) is 5.75 Å². The second-order valence-electron chi connectivity index (χ2n) is 3.97. The summed E-state index contributed by atoms with van der Waals surface area (Å²) < 4.78 is 0. The Labute approximate surface area is 83.7 Å². The Morgan fingerprint density at radius 2 is 2.23 bits per heavy atom. The second-order valence-corrected chi connectivity index (χ2v) is 5.02. The van der Waals surface area contributed by atoms with Crippen molar-refractivity contribution in [1.29, 1.82) is 0 Å². The van der Waals surface area contributed by atoms with E-state index in [9.17, 15) is 0 Å². The van der Waals surface area contributed by atoms with E-state index in [1.165, 1.54) is 23.3 Å². The molecule has 0 unspecified atom stereocenters. The predicted molar refractivity (Wildman–Crippen MR) is 58.1 cm³/mol.